The molecule has 0 aromatic carbocycles. The number of nitrogens with one attached hydrogen (secondary N) is 2. The molecular weight excluding hydrogens is 560 g/mol. The van der Waals surface area contributed by atoms with E-state index in [1.54, 1.807) is 0 Å². The van der Waals surface area contributed by atoms with Gasteiger partial charge in [0.2, 0.25) is 5.91 Å². The number of aliphatic hydroxyl groups excluding tert-OH is 7. The third-order valence-corrected chi connectivity index (χ3v) is 8.38. The fourth-order valence-electron chi connectivity index (χ4n) is 5.94. The molecular formula is C25H50N6O11. The van der Waals surface area contributed by atoms with Crippen LogP contribution in [0.4, 0.5) is 0 Å². The van der Waals surface area contributed by atoms with E-state index in [9.17, 15) is 35.4 Å². The van der Waals surface area contributed by atoms with E-state index in [1.807, 2.05) is 0 Å². The molecule has 17 N–H and O–H groups in total. The number of rotatable bonds is 13. The molecule has 1 saturated carbocycles. The fraction of sp³-hybridized carbons (Fsp3) is 0.960. The number of nitrogens with two attached hydrogens (primary N) is 4. The van der Waals surface area contributed by atoms with E-state index in [4.69, 9.17) is 42.3 Å². The quantitative estimate of drug-likeness (QED) is 0.0921. The van der Waals surface area contributed by atoms with Crippen LogP contribution in [0.1, 0.15) is 25.7 Å². The number of ether oxygens (including phenoxy) is 3. The second-order valence-corrected chi connectivity index (χ2v) is 11.5. The van der Waals surface area contributed by atoms with Gasteiger partial charge in [-0.15, -0.1) is 0 Å². The van der Waals surface area contributed by atoms with Gasteiger partial charge in [0, 0.05) is 31.1 Å². The zero-order valence-corrected chi connectivity index (χ0v) is 23.6. The SMILES string of the molecule is NCCC(O)C(=O)NC1CC(N)C(C2OC(CNCC(O)CO)CCC2N)C(O)C1OC1OC(CO)C(O)C(N)C1O. The van der Waals surface area contributed by atoms with Gasteiger partial charge >= 0.3 is 0 Å². The Labute approximate surface area is 244 Å². The predicted octanol–water partition coefficient (Wildman–Crippen LogP) is -7.14. The molecule has 2 aliphatic heterocycles. The van der Waals surface area contributed by atoms with Crippen LogP contribution in [-0.2, 0) is 19.0 Å². The third kappa shape index (κ3) is 8.52. The van der Waals surface area contributed by atoms with Crippen molar-refractivity contribution in [3.8, 4) is 0 Å². The van der Waals surface area contributed by atoms with Crippen molar-refractivity contribution < 1.29 is 54.8 Å². The monoisotopic (exact) mass is 610 g/mol. The zero-order chi connectivity index (χ0) is 31.1. The van der Waals surface area contributed by atoms with Crippen molar-refractivity contribution in [3.05, 3.63) is 0 Å². The van der Waals surface area contributed by atoms with Crippen LogP contribution in [0, 0.1) is 5.92 Å². The van der Waals surface area contributed by atoms with E-state index in [1.165, 1.54) is 0 Å². The van der Waals surface area contributed by atoms with Crippen molar-refractivity contribution in [2.24, 2.45) is 28.9 Å². The Morgan fingerprint density at radius 3 is 2.36 bits per heavy atom. The molecule has 15 unspecified atom stereocenters. The molecule has 0 radical (unpaired) electrons. The predicted molar refractivity (Wildman–Crippen MR) is 146 cm³/mol. The van der Waals surface area contributed by atoms with Gasteiger partial charge in [0.1, 0.15) is 30.5 Å². The Morgan fingerprint density at radius 1 is 1.00 bits per heavy atom. The first-order valence-electron chi connectivity index (χ1n) is 14.5. The average molecular weight is 611 g/mol. The van der Waals surface area contributed by atoms with Crippen molar-refractivity contribution in [1.29, 1.82) is 0 Å². The number of hydrogen-bond acceptors (Lipinski definition) is 16. The van der Waals surface area contributed by atoms with Gasteiger partial charge in [0.15, 0.2) is 6.29 Å². The first kappa shape index (κ1) is 35.4. The lowest BCUT2D eigenvalue weighted by Crippen LogP contribution is -2.69. The lowest BCUT2D eigenvalue weighted by atomic mass is 9.72. The highest BCUT2D eigenvalue weighted by atomic mass is 16.7. The van der Waals surface area contributed by atoms with Crippen molar-refractivity contribution >= 4 is 5.91 Å². The van der Waals surface area contributed by atoms with E-state index >= 15 is 0 Å². The molecule has 42 heavy (non-hydrogen) atoms. The van der Waals surface area contributed by atoms with Crippen molar-refractivity contribution in [1.82, 2.24) is 10.6 Å². The Balaban J connectivity index is 1.82. The number of hydrogen-bond donors (Lipinski definition) is 13. The number of carbonyl (C=O) groups is 1. The van der Waals surface area contributed by atoms with Gasteiger partial charge in [-0.05, 0) is 32.2 Å². The molecule has 0 spiro atoms. The van der Waals surface area contributed by atoms with Crippen molar-refractivity contribution in [2.45, 2.75) is 111 Å². The molecule has 0 aromatic rings. The van der Waals surface area contributed by atoms with Gasteiger partial charge in [0.25, 0.3) is 0 Å². The highest BCUT2D eigenvalue weighted by molar-refractivity contribution is 5.80. The third-order valence-electron chi connectivity index (χ3n) is 8.38. The summed E-state index contributed by atoms with van der Waals surface area (Å²) in [6, 6.07) is -3.46. The lowest BCUT2D eigenvalue weighted by Gasteiger charge is -2.51. The van der Waals surface area contributed by atoms with Crippen molar-refractivity contribution in [2.75, 3.05) is 32.8 Å². The van der Waals surface area contributed by atoms with E-state index in [0.717, 1.165) is 0 Å². The minimum atomic E-state index is -1.55. The van der Waals surface area contributed by atoms with Crippen LogP contribution in [0.3, 0.4) is 0 Å². The molecule has 246 valence electrons. The molecule has 3 rings (SSSR count). The molecule has 1 aliphatic carbocycles. The summed E-state index contributed by atoms with van der Waals surface area (Å²) in [6.45, 7) is -0.453. The van der Waals surface area contributed by atoms with Crippen LogP contribution in [0.15, 0.2) is 0 Å². The Hall–Kier alpha value is -1.13. The smallest absolute Gasteiger partial charge is 0.249 e. The lowest BCUT2D eigenvalue weighted by molar-refractivity contribution is -0.306. The second kappa shape index (κ2) is 16.3. The van der Waals surface area contributed by atoms with Crippen LogP contribution in [-0.4, -0.2) is 160 Å². The van der Waals surface area contributed by atoms with E-state index in [-0.39, 0.29) is 38.6 Å². The fourth-order valence-corrected chi connectivity index (χ4v) is 5.94. The molecule has 0 bridgehead atoms. The Morgan fingerprint density at radius 2 is 1.71 bits per heavy atom. The topological polar surface area (TPSA) is 315 Å². The standard InChI is InChI=1S/C25H50N6O11/c26-4-3-15(35)24(39)31-14-5-13(28)17(22-12(27)2-1-11(40-22)7-30-6-10(34)8-32)20(37)23(14)42-25-21(38)18(29)19(36)16(9-33)41-25/h10-23,25,30,32-38H,1-9,26-29H2,(H,31,39). The van der Waals surface area contributed by atoms with Crippen LogP contribution in [0.5, 0.6) is 0 Å². The van der Waals surface area contributed by atoms with Gasteiger partial charge in [-0.1, -0.05) is 0 Å². The number of aliphatic hydroxyl groups is 7. The largest absolute Gasteiger partial charge is 0.394 e. The number of amides is 1. The van der Waals surface area contributed by atoms with Crippen LogP contribution >= 0.6 is 0 Å². The summed E-state index contributed by atoms with van der Waals surface area (Å²) >= 11 is 0. The molecule has 3 aliphatic rings. The Kier molecular flexibility index (Phi) is 13.7. The van der Waals surface area contributed by atoms with Gasteiger partial charge in [-0.2, -0.15) is 0 Å². The maximum absolute atomic E-state index is 12.7. The first-order valence-corrected chi connectivity index (χ1v) is 14.5. The molecule has 3 fully saturated rings. The number of carbonyl (C=O) groups excluding carboxylic acids is 1. The molecule has 17 nitrogen and oxygen atoms in total. The average Bonchev–Trinajstić information content (AvgIpc) is 2.96. The van der Waals surface area contributed by atoms with Gasteiger partial charge in [-0.25, -0.2) is 0 Å². The highest BCUT2D eigenvalue weighted by Crippen LogP contribution is 2.36. The molecule has 17 heteroatoms. The summed E-state index contributed by atoms with van der Waals surface area (Å²) in [7, 11) is 0. The van der Waals surface area contributed by atoms with E-state index < -0.39 is 97.7 Å². The molecule has 2 heterocycles. The molecule has 15 atom stereocenters. The second-order valence-electron chi connectivity index (χ2n) is 11.5. The summed E-state index contributed by atoms with van der Waals surface area (Å²) in [6.07, 6.45) is -10.5. The van der Waals surface area contributed by atoms with Crippen LogP contribution in [0.25, 0.3) is 0 Å². The molecule has 2 saturated heterocycles. The summed E-state index contributed by atoms with van der Waals surface area (Å²) in [4.78, 5) is 12.7. The summed E-state index contributed by atoms with van der Waals surface area (Å²) in [5, 5.41) is 76.7. The van der Waals surface area contributed by atoms with Crippen LogP contribution in [0.2, 0.25) is 0 Å². The summed E-state index contributed by atoms with van der Waals surface area (Å²) in [5.74, 6) is -1.56. The minimum absolute atomic E-state index is 0.00773. The Bertz CT molecular complexity index is 834. The maximum Gasteiger partial charge on any atom is 0.249 e. The van der Waals surface area contributed by atoms with Gasteiger partial charge < -0.3 is 83.5 Å². The normalized spacial score (nSPS) is 42.6. The van der Waals surface area contributed by atoms with E-state index in [0.29, 0.717) is 19.4 Å². The van der Waals surface area contributed by atoms with Gasteiger partial charge in [0.05, 0.1) is 49.7 Å². The molecule has 0 aromatic heterocycles. The minimum Gasteiger partial charge on any atom is -0.394 e. The molecule has 1 amide bonds. The highest BCUT2D eigenvalue weighted by Gasteiger charge is 2.53. The van der Waals surface area contributed by atoms with Crippen molar-refractivity contribution in [3.63, 3.8) is 0 Å². The first-order chi connectivity index (χ1) is 19.9. The summed E-state index contributed by atoms with van der Waals surface area (Å²) < 4.78 is 17.9. The van der Waals surface area contributed by atoms with Crippen LogP contribution < -0.4 is 33.6 Å². The summed E-state index contributed by atoms with van der Waals surface area (Å²) in [5.41, 5.74) is 24.4. The zero-order valence-electron chi connectivity index (χ0n) is 23.6. The maximum atomic E-state index is 12.7. The van der Waals surface area contributed by atoms with E-state index in [2.05, 4.69) is 10.6 Å². The van der Waals surface area contributed by atoms with Gasteiger partial charge in [-0.3, -0.25) is 4.79 Å².